The Labute approximate surface area is 216 Å². The fourth-order valence-corrected chi connectivity index (χ4v) is 4.29. The zero-order valence-electron chi connectivity index (χ0n) is 20.9. The summed E-state index contributed by atoms with van der Waals surface area (Å²) >= 11 is 0. The van der Waals surface area contributed by atoms with Crippen LogP contribution in [0.3, 0.4) is 0 Å². The largest absolute Gasteiger partial charge is 0.489 e. The second kappa shape index (κ2) is 11.3. The van der Waals surface area contributed by atoms with Crippen LogP contribution < -0.4 is 10.1 Å². The number of fused-ring (bicyclic) bond motifs is 1. The second-order valence-electron chi connectivity index (χ2n) is 9.79. The Morgan fingerprint density at radius 2 is 1.68 bits per heavy atom. The van der Waals surface area contributed by atoms with E-state index in [0.29, 0.717) is 17.9 Å². The molecule has 0 spiro atoms. The summed E-state index contributed by atoms with van der Waals surface area (Å²) in [6.45, 7) is 4.59. The normalized spacial score (nSPS) is 12.2. The highest BCUT2D eigenvalue weighted by atomic mass is 16.5. The van der Waals surface area contributed by atoms with Crippen molar-refractivity contribution in [3.05, 3.63) is 102 Å². The smallest absolute Gasteiger partial charge is 0.335 e. The Balaban J connectivity index is 1.32. The third-order valence-electron chi connectivity index (χ3n) is 6.27. The molecule has 0 amide bonds. The lowest BCUT2D eigenvalue weighted by atomic mass is 9.93. The monoisotopic (exact) mass is 494 g/mol. The van der Waals surface area contributed by atoms with Gasteiger partial charge in [-0.2, -0.15) is 5.26 Å². The lowest BCUT2D eigenvalue weighted by Gasteiger charge is -2.28. The van der Waals surface area contributed by atoms with E-state index < -0.39 is 12.1 Å². The van der Waals surface area contributed by atoms with Crippen LogP contribution in [0.5, 0.6) is 5.75 Å². The van der Waals surface area contributed by atoms with E-state index in [2.05, 4.69) is 55.6 Å². The first-order valence-electron chi connectivity index (χ1n) is 12.2. The van der Waals surface area contributed by atoms with Gasteiger partial charge in [0.05, 0.1) is 11.1 Å². The number of carbonyl (C=O) groups is 1. The number of benzene rings is 4. The van der Waals surface area contributed by atoms with Gasteiger partial charge in [-0.15, -0.1) is 0 Å². The Morgan fingerprint density at radius 1 is 0.973 bits per heavy atom. The number of β-amino-alcohol motifs (C(OH)–C–C–N with tert-alkyl or cyclic N) is 1. The maximum Gasteiger partial charge on any atom is 0.335 e. The SMILES string of the molecule is CC(C)(Cc1ccc2ccccc2c1)NC[C@@H](O)COc1ccc(-c2ccc(C(=O)O)cc2)cc1C#N. The number of aliphatic hydroxyl groups is 1. The number of hydrogen-bond acceptors (Lipinski definition) is 5. The van der Waals surface area contributed by atoms with Crippen molar-refractivity contribution >= 4 is 16.7 Å². The van der Waals surface area contributed by atoms with Crippen LogP contribution in [0.25, 0.3) is 21.9 Å². The molecule has 188 valence electrons. The molecule has 0 aromatic heterocycles. The molecule has 0 aliphatic heterocycles. The topological polar surface area (TPSA) is 103 Å². The number of hydrogen-bond donors (Lipinski definition) is 3. The molecule has 3 N–H and O–H groups in total. The Bertz CT molecular complexity index is 1440. The third kappa shape index (κ3) is 6.73. The number of nitrogens with one attached hydrogen (secondary N) is 1. The summed E-state index contributed by atoms with van der Waals surface area (Å²) in [6, 6.07) is 28.6. The van der Waals surface area contributed by atoms with Crippen LogP contribution in [0.15, 0.2) is 84.9 Å². The molecule has 4 rings (SSSR count). The van der Waals surface area contributed by atoms with Gasteiger partial charge in [0.25, 0.3) is 0 Å². The Morgan fingerprint density at radius 3 is 2.38 bits per heavy atom. The van der Waals surface area contributed by atoms with E-state index in [4.69, 9.17) is 9.84 Å². The van der Waals surface area contributed by atoms with E-state index in [1.54, 1.807) is 24.3 Å². The zero-order valence-corrected chi connectivity index (χ0v) is 20.9. The summed E-state index contributed by atoms with van der Waals surface area (Å²) in [6.07, 6.45) is 0.0458. The van der Waals surface area contributed by atoms with Crippen LogP contribution in [0.1, 0.15) is 35.3 Å². The van der Waals surface area contributed by atoms with Crippen molar-refractivity contribution in [2.45, 2.75) is 31.9 Å². The predicted octanol–water partition coefficient (Wildman–Crippen LogP) is 5.43. The highest BCUT2D eigenvalue weighted by Gasteiger charge is 2.20. The van der Waals surface area contributed by atoms with Crippen LogP contribution in [-0.4, -0.2) is 41.0 Å². The second-order valence-corrected chi connectivity index (χ2v) is 9.79. The minimum Gasteiger partial charge on any atom is -0.489 e. The zero-order chi connectivity index (χ0) is 26.4. The molecule has 0 bridgehead atoms. The van der Waals surface area contributed by atoms with Gasteiger partial charge in [0.15, 0.2) is 0 Å². The minimum atomic E-state index is -0.988. The number of carboxylic acid groups (broad SMARTS) is 1. The first kappa shape index (κ1) is 25.9. The number of carboxylic acids is 1. The molecule has 0 saturated carbocycles. The highest BCUT2D eigenvalue weighted by Crippen LogP contribution is 2.27. The molecule has 1 atom stereocenters. The average molecular weight is 495 g/mol. The van der Waals surface area contributed by atoms with Gasteiger partial charge in [0, 0.05) is 12.1 Å². The molecule has 0 aliphatic rings. The van der Waals surface area contributed by atoms with E-state index in [0.717, 1.165) is 17.5 Å². The van der Waals surface area contributed by atoms with E-state index in [-0.39, 0.29) is 17.7 Å². The molecule has 0 heterocycles. The summed E-state index contributed by atoms with van der Waals surface area (Å²) in [5, 5.41) is 35.1. The lowest BCUT2D eigenvalue weighted by molar-refractivity contribution is 0.0697. The standard InChI is InChI=1S/C31H30N2O4/c1-31(2,17-21-7-8-22-5-3-4-6-25(22)15-21)33-19-28(34)20-37-29-14-13-26(16-27(29)18-32)23-9-11-24(12-10-23)30(35)36/h3-16,28,33-34H,17,19-20H2,1-2H3,(H,35,36)/t28-/m1/s1. The molecular weight excluding hydrogens is 464 g/mol. The fourth-order valence-electron chi connectivity index (χ4n) is 4.29. The molecule has 4 aromatic rings. The summed E-state index contributed by atoms with van der Waals surface area (Å²) in [5.41, 5.74) is 3.10. The molecule has 0 saturated heterocycles. The number of aliphatic hydroxyl groups excluding tert-OH is 1. The summed E-state index contributed by atoms with van der Waals surface area (Å²) in [4.78, 5) is 11.1. The quantitative estimate of drug-likeness (QED) is 0.272. The lowest BCUT2D eigenvalue weighted by Crippen LogP contribution is -2.46. The van der Waals surface area contributed by atoms with Crippen molar-refractivity contribution < 1.29 is 19.7 Å². The van der Waals surface area contributed by atoms with Crippen molar-refractivity contribution in [2.24, 2.45) is 0 Å². The van der Waals surface area contributed by atoms with Gasteiger partial charge in [-0.3, -0.25) is 0 Å². The van der Waals surface area contributed by atoms with Gasteiger partial charge < -0.3 is 20.3 Å². The van der Waals surface area contributed by atoms with E-state index >= 15 is 0 Å². The van der Waals surface area contributed by atoms with E-state index in [1.807, 2.05) is 18.2 Å². The number of rotatable bonds is 10. The number of nitrogens with zero attached hydrogens (tertiary/aromatic N) is 1. The van der Waals surface area contributed by atoms with E-state index in [9.17, 15) is 15.2 Å². The summed E-state index contributed by atoms with van der Waals surface area (Å²) in [7, 11) is 0. The number of nitriles is 1. The van der Waals surface area contributed by atoms with Crippen molar-refractivity contribution in [1.82, 2.24) is 5.32 Å². The minimum absolute atomic E-state index is 0.0421. The first-order valence-corrected chi connectivity index (χ1v) is 12.2. The average Bonchev–Trinajstić information content (AvgIpc) is 2.90. The molecule has 0 fully saturated rings. The van der Waals surface area contributed by atoms with Crippen LogP contribution in [0.4, 0.5) is 0 Å². The summed E-state index contributed by atoms with van der Waals surface area (Å²) in [5.74, 6) is -0.596. The van der Waals surface area contributed by atoms with Crippen molar-refractivity contribution in [3.8, 4) is 22.9 Å². The first-order chi connectivity index (χ1) is 17.7. The van der Waals surface area contributed by atoms with Gasteiger partial charge in [-0.25, -0.2) is 4.79 Å². The predicted molar refractivity (Wildman–Crippen MR) is 145 cm³/mol. The van der Waals surface area contributed by atoms with Gasteiger partial charge in [0.1, 0.15) is 24.5 Å². The molecule has 0 radical (unpaired) electrons. The molecule has 37 heavy (non-hydrogen) atoms. The van der Waals surface area contributed by atoms with Crippen LogP contribution in [-0.2, 0) is 6.42 Å². The molecule has 6 nitrogen and oxygen atoms in total. The summed E-state index contributed by atoms with van der Waals surface area (Å²) < 4.78 is 5.77. The van der Waals surface area contributed by atoms with Crippen LogP contribution in [0, 0.1) is 11.3 Å². The maximum absolute atomic E-state index is 11.1. The van der Waals surface area contributed by atoms with Gasteiger partial charge in [0.2, 0.25) is 0 Å². The van der Waals surface area contributed by atoms with Crippen LogP contribution in [0.2, 0.25) is 0 Å². The third-order valence-corrected chi connectivity index (χ3v) is 6.27. The Kier molecular flexibility index (Phi) is 7.88. The van der Waals surface area contributed by atoms with Crippen LogP contribution >= 0.6 is 0 Å². The molecular formula is C31H30N2O4. The maximum atomic E-state index is 11.1. The Hall–Kier alpha value is -4.18. The van der Waals surface area contributed by atoms with Gasteiger partial charge in [-0.05, 0) is 72.0 Å². The molecule has 6 heteroatoms. The van der Waals surface area contributed by atoms with Crippen molar-refractivity contribution in [1.29, 1.82) is 5.26 Å². The van der Waals surface area contributed by atoms with Gasteiger partial charge in [-0.1, -0.05) is 60.7 Å². The van der Waals surface area contributed by atoms with Gasteiger partial charge >= 0.3 is 5.97 Å². The molecule has 0 unspecified atom stereocenters. The molecule has 4 aromatic carbocycles. The molecule has 0 aliphatic carbocycles. The highest BCUT2D eigenvalue weighted by molar-refractivity contribution is 5.88. The van der Waals surface area contributed by atoms with Crippen molar-refractivity contribution in [2.75, 3.05) is 13.2 Å². The van der Waals surface area contributed by atoms with Crippen molar-refractivity contribution in [3.63, 3.8) is 0 Å². The number of ether oxygens (including phenoxy) is 1. The number of aromatic carboxylic acids is 1. The van der Waals surface area contributed by atoms with E-state index in [1.165, 1.54) is 28.5 Å². The fraction of sp³-hybridized carbons (Fsp3) is 0.226.